The van der Waals surface area contributed by atoms with Crippen LogP contribution in [0.5, 0.6) is 5.75 Å². The number of amides is 1. The Labute approximate surface area is 193 Å². The van der Waals surface area contributed by atoms with E-state index >= 15 is 0 Å². The third kappa shape index (κ3) is 4.11. The molecule has 7 heteroatoms. The highest BCUT2D eigenvalue weighted by atomic mass is 35.5. The van der Waals surface area contributed by atoms with Crippen LogP contribution in [0.15, 0.2) is 72.1 Å². The highest BCUT2D eigenvalue weighted by molar-refractivity contribution is 7.10. The number of carbonyl (C=O) groups is 1. The van der Waals surface area contributed by atoms with E-state index in [4.69, 9.17) is 21.3 Å². The van der Waals surface area contributed by atoms with Gasteiger partial charge in [0.15, 0.2) is 6.61 Å². The van der Waals surface area contributed by atoms with Gasteiger partial charge in [-0.15, -0.1) is 11.3 Å². The van der Waals surface area contributed by atoms with Crippen molar-refractivity contribution in [1.29, 1.82) is 0 Å². The zero-order valence-electron chi connectivity index (χ0n) is 16.9. The van der Waals surface area contributed by atoms with Crippen molar-refractivity contribution in [3.05, 3.63) is 99.1 Å². The summed E-state index contributed by atoms with van der Waals surface area (Å²) >= 11 is 7.80. The van der Waals surface area contributed by atoms with E-state index in [1.54, 1.807) is 23.5 Å². The summed E-state index contributed by atoms with van der Waals surface area (Å²) in [4.78, 5) is 19.0. The molecular weight excluding hydrogens is 447 g/mol. The molecule has 5 rings (SSSR count). The maximum Gasteiger partial charge on any atom is 0.265 e. The standard InChI is InChI=1S/C25H18ClFN2O2S/c26-19-7-4-8-20(27)18(19)13-29-22-12-17(9-10-23(22)31-14-25(29)30)21-15-32-24(28-21)11-16-5-2-1-3-6-16/h1-10,12,15H,11,13-14H2. The second-order valence-electron chi connectivity index (χ2n) is 7.44. The van der Waals surface area contributed by atoms with E-state index in [9.17, 15) is 9.18 Å². The first-order valence-corrected chi connectivity index (χ1v) is 11.3. The highest BCUT2D eigenvalue weighted by Gasteiger charge is 2.28. The second kappa shape index (κ2) is 8.73. The number of carbonyl (C=O) groups excluding carboxylic acids is 1. The van der Waals surface area contributed by atoms with Crippen LogP contribution < -0.4 is 9.64 Å². The number of fused-ring (bicyclic) bond motifs is 1. The van der Waals surface area contributed by atoms with Crippen LogP contribution in [-0.2, 0) is 17.8 Å². The number of nitrogens with zero attached hydrogens (tertiary/aromatic N) is 2. The molecule has 0 aliphatic carbocycles. The van der Waals surface area contributed by atoms with Gasteiger partial charge in [0.05, 0.1) is 22.9 Å². The van der Waals surface area contributed by atoms with Gasteiger partial charge in [-0.2, -0.15) is 0 Å². The summed E-state index contributed by atoms with van der Waals surface area (Å²) in [5.74, 6) is -0.128. The number of thiazole rings is 1. The highest BCUT2D eigenvalue weighted by Crippen LogP contribution is 2.38. The first-order valence-electron chi connectivity index (χ1n) is 10.1. The largest absolute Gasteiger partial charge is 0.482 e. The predicted molar refractivity (Wildman–Crippen MR) is 125 cm³/mol. The Kier molecular flexibility index (Phi) is 5.64. The third-order valence-electron chi connectivity index (χ3n) is 5.33. The van der Waals surface area contributed by atoms with Gasteiger partial charge in [0.25, 0.3) is 5.91 Å². The molecule has 1 aliphatic rings. The Balaban J connectivity index is 1.46. The summed E-state index contributed by atoms with van der Waals surface area (Å²) < 4.78 is 20.0. The minimum atomic E-state index is -0.445. The summed E-state index contributed by atoms with van der Waals surface area (Å²) in [7, 11) is 0. The molecule has 1 aliphatic heterocycles. The average Bonchev–Trinajstić information content (AvgIpc) is 3.26. The molecule has 0 saturated carbocycles. The van der Waals surface area contributed by atoms with Crippen molar-refractivity contribution >= 4 is 34.5 Å². The Morgan fingerprint density at radius 3 is 2.75 bits per heavy atom. The summed E-state index contributed by atoms with van der Waals surface area (Å²) in [6, 6.07) is 20.3. The van der Waals surface area contributed by atoms with Gasteiger partial charge in [-0.3, -0.25) is 4.79 Å². The summed E-state index contributed by atoms with van der Waals surface area (Å²) in [5, 5.41) is 3.29. The van der Waals surface area contributed by atoms with Gasteiger partial charge in [-0.05, 0) is 35.9 Å². The van der Waals surface area contributed by atoms with Gasteiger partial charge in [-0.1, -0.05) is 48.0 Å². The van der Waals surface area contributed by atoms with E-state index in [0.717, 1.165) is 22.7 Å². The molecule has 160 valence electrons. The predicted octanol–water partition coefficient (Wildman–Crippen LogP) is 6.12. The monoisotopic (exact) mass is 464 g/mol. The molecule has 0 saturated heterocycles. The average molecular weight is 465 g/mol. The van der Waals surface area contributed by atoms with Crippen LogP contribution in [0.4, 0.5) is 10.1 Å². The Morgan fingerprint density at radius 1 is 1.09 bits per heavy atom. The van der Waals surface area contributed by atoms with Crippen molar-refractivity contribution in [2.24, 2.45) is 0 Å². The Bertz CT molecular complexity index is 1270. The van der Waals surface area contributed by atoms with Crippen LogP contribution in [0.1, 0.15) is 16.1 Å². The van der Waals surface area contributed by atoms with E-state index in [0.29, 0.717) is 11.4 Å². The lowest BCUT2D eigenvalue weighted by Crippen LogP contribution is -2.38. The molecule has 0 radical (unpaired) electrons. The van der Waals surface area contributed by atoms with Crippen LogP contribution >= 0.6 is 22.9 Å². The molecule has 0 unspecified atom stereocenters. The summed E-state index contributed by atoms with van der Waals surface area (Å²) in [6.45, 7) is -0.0726. The van der Waals surface area contributed by atoms with Gasteiger partial charge in [0, 0.05) is 28.0 Å². The van der Waals surface area contributed by atoms with E-state index in [1.165, 1.54) is 16.5 Å². The van der Waals surface area contributed by atoms with Crippen LogP contribution in [0.2, 0.25) is 5.02 Å². The van der Waals surface area contributed by atoms with Crippen molar-refractivity contribution in [2.45, 2.75) is 13.0 Å². The molecule has 2 heterocycles. The first-order chi connectivity index (χ1) is 15.6. The van der Waals surface area contributed by atoms with Crippen LogP contribution in [0.25, 0.3) is 11.3 Å². The topological polar surface area (TPSA) is 42.4 Å². The van der Waals surface area contributed by atoms with Crippen molar-refractivity contribution in [3.63, 3.8) is 0 Å². The lowest BCUT2D eigenvalue weighted by Gasteiger charge is -2.30. The quantitative estimate of drug-likeness (QED) is 0.357. The van der Waals surface area contributed by atoms with Gasteiger partial charge in [-0.25, -0.2) is 9.37 Å². The van der Waals surface area contributed by atoms with Gasteiger partial charge in [0.1, 0.15) is 11.6 Å². The lowest BCUT2D eigenvalue weighted by molar-refractivity contribution is -0.121. The Morgan fingerprint density at radius 2 is 1.94 bits per heavy atom. The minimum absolute atomic E-state index is 0.0282. The molecule has 0 atom stereocenters. The van der Waals surface area contributed by atoms with E-state index in [1.807, 2.05) is 41.8 Å². The van der Waals surface area contributed by atoms with E-state index < -0.39 is 5.82 Å². The maximum atomic E-state index is 14.4. The van der Waals surface area contributed by atoms with Crippen LogP contribution in [0.3, 0.4) is 0 Å². The van der Waals surface area contributed by atoms with Gasteiger partial charge in [0.2, 0.25) is 0 Å². The molecule has 1 aromatic heterocycles. The summed E-state index contributed by atoms with van der Waals surface area (Å²) in [5.41, 5.74) is 3.74. The molecule has 3 aromatic carbocycles. The van der Waals surface area contributed by atoms with E-state index in [2.05, 4.69) is 12.1 Å². The van der Waals surface area contributed by atoms with Crippen molar-refractivity contribution in [1.82, 2.24) is 4.98 Å². The number of halogens is 2. The van der Waals surface area contributed by atoms with Crippen LogP contribution in [0, 0.1) is 5.82 Å². The van der Waals surface area contributed by atoms with E-state index in [-0.39, 0.29) is 29.6 Å². The number of hydrogen-bond donors (Lipinski definition) is 0. The SMILES string of the molecule is O=C1COc2ccc(-c3csc(Cc4ccccc4)n3)cc2N1Cc1c(F)cccc1Cl. The van der Waals surface area contributed by atoms with Crippen molar-refractivity contribution in [3.8, 4) is 17.0 Å². The number of hydrogen-bond acceptors (Lipinski definition) is 4. The molecule has 1 amide bonds. The number of aromatic nitrogens is 1. The molecule has 4 aromatic rings. The fraction of sp³-hybridized carbons (Fsp3) is 0.120. The summed E-state index contributed by atoms with van der Waals surface area (Å²) in [6.07, 6.45) is 0.760. The smallest absolute Gasteiger partial charge is 0.265 e. The van der Waals surface area contributed by atoms with Gasteiger partial charge < -0.3 is 9.64 Å². The van der Waals surface area contributed by atoms with Crippen molar-refractivity contribution in [2.75, 3.05) is 11.5 Å². The fourth-order valence-electron chi connectivity index (χ4n) is 3.67. The first kappa shape index (κ1) is 20.7. The zero-order chi connectivity index (χ0) is 22.1. The van der Waals surface area contributed by atoms with Gasteiger partial charge >= 0.3 is 0 Å². The third-order valence-corrected chi connectivity index (χ3v) is 6.53. The maximum absolute atomic E-state index is 14.4. The number of rotatable bonds is 5. The molecule has 4 nitrogen and oxygen atoms in total. The number of benzene rings is 3. The molecule has 0 fully saturated rings. The molecule has 0 N–H and O–H groups in total. The second-order valence-corrected chi connectivity index (χ2v) is 8.79. The molecule has 32 heavy (non-hydrogen) atoms. The lowest BCUT2D eigenvalue weighted by atomic mass is 10.1. The van der Waals surface area contributed by atoms with Crippen LogP contribution in [-0.4, -0.2) is 17.5 Å². The number of anilines is 1. The fourth-order valence-corrected chi connectivity index (χ4v) is 4.73. The molecule has 0 bridgehead atoms. The Hall–Kier alpha value is -3.22. The number of ether oxygens (including phenoxy) is 1. The zero-order valence-corrected chi connectivity index (χ0v) is 18.5. The normalized spacial score (nSPS) is 13.1. The molecule has 0 spiro atoms. The minimum Gasteiger partial charge on any atom is -0.482 e. The molecular formula is C25H18ClFN2O2S. The van der Waals surface area contributed by atoms with Crippen molar-refractivity contribution < 1.29 is 13.9 Å².